The van der Waals surface area contributed by atoms with Crippen molar-refractivity contribution in [3.05, 3.63) is 23.5 Å². The first-order valence-corrected chi connectivity index (χ1v) is 7.83. The minimum absolute atomic E-state index is 0.183. The average Bonchev–Trinajstić information content (AvgIpc) is 3.24. The van der Waals surface area contributed by atoms with Crippen LogP contribution in [0.2, 0.25) is 0 Å². The molecule has 6 heteroatoms. The molecule has 22 heavy (non-hydrogen) atoms. The minimum Gasteiger partial charge on any atom is -0.356 e. The van der Waals surface area contributed by atoms with Crippen molar-refractivity contribution in [2.24, 2.45) is 5.92 Å². The van der Waals surface area contributed by atoms with E-state index in [1.54, 1.807) is 0 Å². The smallest absolute Gasteiger partial charge is 0.267 e. The lowest BCUT2D eigenvalue weighted by atomic mass is 10.1. The Hall–Kier alpha value is -2.29. The summed E-state index contributed by atoms with van der Waals surface area (Å²) < 4.78 is 0. The van der Waals surface area contributed by atoms with E-state index in [0.717, 1.165) is 19.4 Å². The van der Waals surface area contributed by atoms with Crippen molar-refractivity contribution in [1.29, 1.82) is 5.26 Å². The van der Waals surface area contributed by atoms with E-state index in [9.17, 15) is 9.59 Å². The molecule has 1 aromatic rings. The fourth-order valence-electron chi connectivity index (χ4n) is 3.44. The maximum Gasteiger partial charge on any atom is 0.267 e. The van der Waals surface area contributed by atoms with Crippen LogP contribution in [0.3, 0.4) is 0 Å². The van der Waals surface area contributed by atoms with Crippen LogP contribution >= 0.6 is 0 Å². The molecular weight excluding hydrogens is 280 g/mol. The molecule has 0 bridgehead atoms. The maximum atomic E-state index is 12.1. The van der Waals surface area contributed by atoms with Gasteiger partial charge in [0.2, 0.25) is 5.91 Å². The lowest BCUT2D eigenvalue weighted by molar-refractivity contribution is -0.129. The summed E-state index contributed by atoms with van der Waals surface area (Å²) in [6.07, 6.45) is 6.68. The zero-order chi connectivity index (χ0) is 15.5. The first-order valence-electron chi connectivity index (χ1n) is 7.83. The highest BCUT2D eigenvalue weighted by Crippen LogP contribution is 2.29. The van der Waals surface area contributed by atoms with Gasteiger partial charge in [-0.3, -0.25) is 9.59 Å². The van der Waals surface area contributed by atoms with E-state index in [1.165, 1.54) is 25.1 Å². The lowest BCUT2D eigenvalue weighted by Crippen LogP contribution is -2.36. The number of hydrogen-bond donors (Lipinski definition) is 2. The topological polar surface area (TPSA) is 89.0 Å². The molecule has 0 spiro atoms. The van der Waals surface area contributed by atoms with Gasteiger partial charge in [-0.2, -0.15) is 5.26 Å². The molecule has 2 amide bonds. The molecule has 1 atom stereocenters. The summed E-state index contributed by atoms with van der Waals surface area (Å²) in [6.45, 7) is 1.24. The molecule has 6 nitrogen and oxygen atoms in total. The van der Waals surface area contributed by atoms with Gasteiger partial charge in [-0.15, -0.1) is 0 Å². The number of nitrogens with one attached hydrogen (secondary N) is 2. The van der Waals surface area contributed by atoms with Crippen molar-refractivity contribution in [3.8, 4) is 6.07 Å². The van der Waals surface area contributed by atoms with Crippen molar-refractivity contribution in [1.82, 2.24) is 15.2 Å². The molecule has 1 saturated heterocycles. The highest BCUT2D eigenvalue weighted by Gasteiger charge is 2.35. The van der Waals surface area contributed by atoms with Gasteiger partial charge in [0.1, 0.15) is 11.8 Å². The van der Waals surface area contributed by atoms with E-state index in [4.69, 9.17) is 5.26 Å². The Balaban J connectivity index is 1.50. The number of nitriles is 1. The van der Waals surface area contributed by atoms with E-state index in [2.05, 4.69) is 10.3 Å². The second-order valence-electron chi connectivity index (χ2n) is 6.18. The third-order valence-electron chi connectivity index (χ3n) is 4.61. The third kappa shape index (κ3) is 2.98. The lowest BCUT2D eigenvalue weighted by Gasteiger charge is -2.24. The molecule has 1 aromatic heterocycles. The molecular formula is C16H20N4O2. The quantitative estimate of drug-likeness (QED) is 0.881. The monoisotopic (exact) mass is 300 g/mol. The number of rotatable bonds is 4. The van der Waals surface area contributed by atoms with Gasteiger partial charge in [-0.05, 0) is 18.9 Å². The van der Waals surface area contributed by atoms with Crippen LogP contribution in [0.5, 0.6) is 0 Å². The molecule has 1 saturated carbocycles. The number of carbonyl (C=O) groups excluding carboxylic acids is 2. The average molecular weight is 300 g/mol. The highest BCUT2D eigenvalue weighted by molar-refractivity contribution is 5.92. The summed E-state index contributed by atoms with van der Waals surface area (Å²) in [5, 5.41) is 11.6. The van der Waals surface area contributed by atoms with Gasteiger partial charge in [-0.1, -0.05) is 12.8 Å². The second kappa shape index (κ2) is 6.22. The molecule has 1 aliphatic carbocycles. The van der Waals surface area contributed by atoms with Crippen molar-refractivity contribution in [3.63, 3.8) is 0 Å². The van der Waals surface area contributed by atoms with Gasteiger partial charge in [0.25, 0.3) is 5.91 Å². The minimum atomic E-state index is -0.228. The second-order valence-corrected chi connectivity index (χ2v) is 6.18. The normalized spacial score (nSPS) is 22.0. The predicted octanol–water partition coefficient (Wildman–Crippen LogP) is 1.41. The first kappa shape index (κ1) is 14.6. The van der Waals surface area contributed by atoms with Crippen LogP contribution in [-0.2, 0) is 4.79 Å². The molecule has 0 radical (unpaired) electrons. The van der Waals surface area contributed by atoms with Crippen LogP contribution in [0, 0.1) is 17.2 Å². The van der Waals surface area contributed by atoms with E-state index in [1.807, 2.05) is 11.0 Å². The van der Waals surface area contributed by atoms with Crippen LogP contribution < -0.4 is 5.32 Å². The summed E-state index contributed by atoms with van der Waals surface area (Å²) in [5.41, 5.74) is 0.821. The van der Waals surface area contributed by atoms with Crippen molar-refractivity contribution < 1.29 is 9.59 Å². The van der Waals surface area contributed by atoms with Crippen LogP contribution in [0.25, 0.3) is 0 Å². The molecule has 2 heterocycles. The summed E-state index contributed by atoms with van der Waals surface area (Å²) in [4.78, 5) is 28.9. The zero-order valence-electron chi connectivity index (χ0n) is 12.5. The van der Waals surface area contributed by atoms with E-state index in [0.29, 0.717) is 30.3 Å². The molecule has 2 fully saturated rings. The van der Waals surface area contributed by atoms with Crippen molar-refractivity contribution >= 4 is 11.8 Å². The molecule has 2 aliphatic rings. The van der Waals surface area contributed by atoms with Crippen LogP contribution in [0.4, 0.5) is 0 Å². The summed E-state index contributed by atoms with van der Waals surface area (Å²) in [7, 11) is 0. The number of likely N-dealkylation sites (tertiary alicyclic amines) is 1. The zero-order valence-corrected chi connectivity index (χ0v) is 12.5. The Morgan fingerprint density at radius 3 is 2.91 bits per heavy atom. The van der Waals surface area contributed by atoms with E-state index < -0.39 is 0 Å². The fraction of sp³-hybridized carbons (Fsp3) is 0.562. The summed E-state index contributed by atoms with van der Waals surface area (Å²) >= 11 is 0. The molecule has 0 aromatic carbocycles. The molecule has 1 aliphatic heterocycles. The Labute approximate surface area is 129 Å². The molecule has 3 rings (SSSR count). The Kier molecular flexibility index (Phi) is 4.14. The van der Waals surface area contributed by atoms with Gasteiger partial charge in [0.15, 0.2) is 0 Å². The number of nitrogens with zero attached hydrogens (tertiary/aromatic N) is 2. The van der Waals surface area contributed by atoms with Crippen LogP contribution in [0.1, 0.15) is 48.2 Å². The van der Waals surface area contributed by atoms with E-state index in [-0.39, 0.29) is 17.7 Å². The highest BCUT2D eigenvalue weighted by atomic mass is 16.2. The predicted molar refractivity (Wildman–Crippen MR) is 79.9 cm³/mol. The van der Waals surface area contributed by atoms with Gasteiger partial charge < -0.3 is 15.2 Å². The third-order valence-corrected chi connectivity index (χ3v) is 4.61. The Bertz CT molecular complexity index is 610. The van der Waals surface area contributed by atoms with Crippen LogP contribution in [-0.4, -0.2) is 40.8 Å². The first-order chi connectivity index (χ1) is 10.7. The Morgan fingerprint density at radius 2 is 2.23 bits per heavy atom. The molecule has 2 N–H and O–H groups in total. The standard InChI is InChI=1S/C16H20N4O2/c17-7-11-5-14(18-8-11)16(22)19-9-12-6-15(21)20(10-12)13-3-1-2-4-13/h5,8,12-13,18H,1-4,6,9-10H2,(H,19,22). The summed E-state index contributed by atoms with van der Waals surface area (Å²) in [5.74, 6) is 0.175. The number of aromatic amines is 1. The maximum absolute atomic E-state index is 12.1. The van der Waals surface area contributed by atoms with Crippen molar-refractivity contribution in [2.45, 2.75) is 38.1 Å². The van der Waals surface area contributed by atoms with Gasteiger partial charge in [0.05, 0.1) is 5.56 Å². The van der Waals surface area contributed by atoms with Gasteiger partial charge >= 0.3 is 0 Å². The Morgan fingerprint density at radius 1 is 1.45 bits per heavy atom. The fourth-order valence-corrected chi connectivity index (χ4v) is 3.44. The summed E-state index contributed by atoms with van der Waals surface area (Å²) in [6, 6.07) is 3.92. The SMILES string of the molecule is N#Cc1c[nH]c(C(=O)NCC2CC(=O)N(C3CCCC3)C2)c1. The number of H-pyrrole nitrogens is 1. The molecule has 116 valence electrons. The van der Waals surface area contributed by atoms with Gasteiger partial charge in [-0.25, -0.2) is 0 Å². The van der Waals surface area contributed by atoms with Crippen LogP contribution in [0.15, 0.2) is 12.3 Å². The number of hydrogen-bond acceptors (Lipinski definition) is 3. The van der Waals surface area contributed by atoms with Crippen molar-refractivity contribution in [2.75, 3.05) is 13.1 Å². The molecule has 1 unspecified atom stereocenters. The number of amides is 2. The van der Waals surface area contributed by atoms with E-state index >= 15 is 0 Å². The largest absolute Gasteiger partial charge is 0.356 e. The number of aromatic nitrogens is 1. The van der Waals surface area contributed by atoms with Gasteiger partial charge in [0, 0.05) is 37.7 Å². The number of carbonyl (C=O) groups is 2.